The Labute approximate surface area is 207 Å². The molecule has 35 heavy (non-hydrogen) atoms. The summed E-state index contributed by atoms with van der Waals surface area (Å²) >= 11 is 0. The lowest BCUT2D eigenvalue weighted by atomic mass is 10.1. The Morgan fingerprint density at radius 2 is 1.57 bits per heavy atom. The van der Waals surface area contributed by atoms with Gasteiger partial charge in [-0.25, -0.2) is 0 Å². The molecule has 3 heterocycles. The second-order valence-corrected chi connectivity index (χ2v) is 9.98. The Balaban J connectivity index is 1.22. The van der Waals surface area contributed by atoms with E-state index in [0.29, 0.717) is 6.04 Å². The molecule has 2 aliphatic rings. The summed E-state index contributed by atoms with van der Waals surface area (Å²) in [6.07, 6.45) is 1.91. The second-order valence-electron chi connectivity index (χ2n) is 9.98. The van der Waals surface area contributed by atoms with Crippen LogP contribution in [0.4, 0.5) is 0 Å². The van der Waals surface area contributed by atoms with Gasteiger partial charge in [0.05, 0.1) is 0 Å². The molecule has 1 aromatic heterocycles. The topological polar surface area (TPSA) is 62.9 Å². The number of amides is 2. The van der Waals surface area contributed by atoms with E-state index in [1.54, 1.807) is 0 Å². The number of H-pyrrole nitrogens is 1. The van der Waals surface area contributed by atoms with Gasteiger partial charge in [-0.05, 0) is 49.6 Å². The monoisotopic (exact) mass is 473 g/mol. The minimum absolute atomic E-state index is 0.105. The highest BCUT2D eigenvalue weighted by atomic mass is 16.2. The highest BCUT2D eigenvalue weighted by molar-refractivity contribution is 5.98. The molecule has 2 amide bonds. The van der Waals surface area contributed by atoms with Crippen LogP contribution >= 0.6 is 0 Å². The van der Waals surface area contributed by atoms with Crippen molar-refractivity contribution >= 4 is 22.7 Å². The summed E-state index contributed by atoms with van der Waals surface area (Å²) in [4.78, 5) is 38.3. The van der Waals surface area contributed by atoms with E-state index in [1.807, 2.05) is 70.6 Å². The summed E-state index contributed by atoms with van der Waals surface area (Å²) in [5.74, 6) is 0.218. The maximum Gasteiger partial charge on any atom is 0.254 e. The van der Waals surface area contributed by atoms with Crippen molar-refractivity contribution in [1.82, 2.24) is 24.6 Å². The minimum Gasteiger partial charge on any atom is -0.361 e. The second kappa shape index (κ2) is 10.2. The lowest BCUT2D eigenvalue weighted by Gasteiger charge is -2.46. The number of fused-ring (bicyclic) bond motifs is 1. The lowest BCUT2D eigenvalue weighted by Crippen LogP contribution is -2.61. The van der Waals surface area contributed by atoms with Crippen LogP contribution in [0.3, 0.4) is 0 Å². The molecule has 2 aliphatic heterocycles. The zero-order valence-corrected chi connectivity index (χ0v) is 20.7. The zero-order valence-electron chi connectivity index (χ0n) is 20.7. The van der Waals surface area contributed by atoms with Crippen molar-refractivity contribution in [3.05, 3.63) is 71.9 Å². The minimum atomic E-state index is 0.105. The van der Waals surface area contributed by atoms with E-state index >= 15 is 0 Å². The summed E-state index contributed by atoms with van der Waals surface area (Å²) in [7, 11) is 0. The molecule has 1 N–H and O–H groups in total. The number of hydrogen-bond donors (Lipinski definition) is 1. The molecule has 1 atom stereocenters. The van der Waals surface area contributed by atoms with Gasteiger partial charge in [0.1, 0.15) is 0 Å². The van der Waals surface area contributed by atoms with Crippen LogP contribution in [0.2, 0.25) is 0 Å². The smallest absolute Gasteiger partial charge is 0.254 e. The number of carbonyl (C=O) groups excluding carboxylic acids is 2. The predicted octanol–water partition coefficient (Wildman–Crippen LogP) is 3.16. The van der Waals surface area contributed by atoms with Crippen LogP contribution < -0.4 is 0 Å². The largest absolute Gasteiger partial charge is 0.361 e. The lowest BCUT2D eigenvalue weighted by molar-refractivity contribution is 0.0185. The van der Waals surface area contributed by atoms with Gasteiger partial charge in [-0.1, -0.05) is 24.3 Å². The van der Waals surface area contributed by atoms with Crippen LogP contribution in [0.25, 0.3) is 10.9 Å². The first-order valence-corrected chi connectivity index (χ1v) is 12.7. The van der Waals surface area contributed by atoms with Crippen molar-refractivity contribution in [3.63, 3.8) is 0 Å². The van der Waals surface area contributed by atoms with Crippen LogP contribution in [-0.4, -0.2) is 101 Å². The Morgan fingerprint density at radius 1 is 0.857 bits per heavy atom. The molecule has 2 saturated heterocycles. The van der Waals surface area contributed by atoms with Crippen molar-refractivity contribution < 1.29 is 9.59 Å². The van der Waals surface area contributed by atoms with Gasteiger partial charge in [-0.2, -0.15) is 0 Å². The molecule has 1 unspecified atom stereocenters. The maximum absolute atomic E-state index is 13.4. The summed E-state index contributed by atoms with van der Waals surface area (Å²) in [5, 5.41) is 1.12. The van der Waals surface area contributed by atoms with E-state index in [4.69, 9.17) is 0 Å². The Kier molecular flexibility index (Phi) is 6.88. The fourth-order valence-corrected chi connectivity index (χ4v) is 5.45. The predicted molar refractivity (Wildman–Crippen MR) is 139 cm³/mol. The van der Waals surface area contributed by atoms with Crippen molar-refractivity contribution in [3.8, 4) is 0 Å². The van der Waals surface area contributed by atoms with Gasteiger partial charge >= 0.3 is 0 Å². The highest BCUT2D eigenvalue weighted by Gasteiger charge is 2.33. The molecular weight excluding hydrogens is 438 g/mol. The number of aromatic amines is 1. The Hall–Kier alpha value is -3.16. The third-order valence-corrected chi connectivity index (χ3v) is 7.43. The van der Waals surface area contributed by atoms with Crippen LogP contribution in [0.15, 0.2) is 60.8 Å². The van der Waals surface area contributed by atoms with Gasteiger partial charge in [0.15, 0.2) is 0 Å². The summed E-state index contributed by atoms with van der Waals surface area (Å²) < 4.78 is 0. The van der Waals surface area contributed by atoms with E-state index < -0.39 is 0 Å². The number of nitrogens with zero attached hydrogens (tertiary/aromatic N) is 4. The van der Waals surface area contributed by atoms with Gasteiger partial charge in [-0.15, -0.1) is 0 Å². The number of aromatic nitrogens is 1. The van der Waals surface area contributed by atoms with Gasteiger partial charge in [-0.3, -0.25) is 19.4 Å². The molecule has 0 aliphatic carbocycles. The quantitative estimate of drug-likeness (QED) is 0.618. The van der Waals surface area contributed by atoms with Gasteiger partial charge in [0, 0.05) is 87.3 Å². The maximum atomic E-state index is 13.4. The molecule has 0 spiro atoms. The molecule has 2 fully saturated rings. The highest BCUT2D eigenvalue weighted by Crippen LogP contribution is 2.20. The van der Waals surface area contributed by atoms with E-state index in [1.165, 1.54) is 0 Å². The zero-order chi connectivity index (χ0) is 24.4. The molecule has 184 valence electrons. The van der Waals surface area contributed by atoms with Crippen molar-refractivity contribution in [2.24, 2.45) is 0 Å². The van der Waals surface area contributed by atoms with Crippen molar-refractivity contribution in [1.29, 1.82) is 0 Å². The molecule has 5 rings (SSSR count). The van der Waals surface area contributed by atoms with Gasteiger partial charge in [0.2, 0.25) is 0 Å². The van der Waals surface area contributed by atoms with Crippen molar-refractivity contribution in [2.45, 2.75) is 25.9 Å². The van der Waals surface area contributed by atoms with E-state index in [0.717, 1.165) is 74.4 Å². The number of benzene rings is 2. The molecule has 0 bridgehead atoms. The Morgan fingerprint density at radius 3 is 2.31 bits per heavy atom. The first kappa shape index (κ1) is 23.6. The molecule has 7 heteroatoms. The molecule has 0 saturated carbocycles. The molecular formula is C28H35N5O2. The Bertz CT molecular complexity index is 1170. The van der Waals surface area contributed by atoms with E-state index in [2.05, 4.69) is 28.6 Å². The number of rotatable bonds is 5. The normalized spacial score (nSPS) is 20.0. The van der Waals surface area contributed by atoms with Crippen LogP contribution in [0, 0.1) is 0 Å². The molecule has 7 nitrogen and oxygen atoms in total. The van der Waals surface area contributed by atoms with Crippen LogP contribution in [-0.2, 0) is 0 Å². The first-order chi connectivity index (χ1) is 17.0. The van der Waals surface area contributed by atoms with Gasteiger partial charge < -0.3 is 14.8 Å². The summed E-state index contributed by atoms with van der Waals surface area (Å²) in [5.41, 5.74) is 2.49. The number of nitrogens with one attached hydrogen (secondary N) is 1. The van der Waals surface area contributed by atoms with Crippen LogP contribution in [0.1, 0.15) is 34.6 Å². The average molecular weight is 474 g/mol. The number of hydrogen-bond acceptors (Lipinski definition) is 4. The number of carbonyl (C=O) groups is 2. The average Bonchev–Trinajstić information content (AvgIpc) is 3.37. The third-order valence-electron chi connectivity index (χ3n) is 7.43. The fraction of sp³-hybridized carbons (Fsp3) is 0.429. The standard InChI is InChI=1S/C28H35N5O2/c1-21(2)33-17-16-32(28(35)24-9-8-22-10-11-29-26(22)18-24)20-25(33)19-30-12-14-31(15-13-30)27(34)23-6-4-3-5-7-23/h3-11,18,21,25,29H,12-17,19-20H2,1-2H3. The first-order valence-electron chi connectivity index (χ1n) is 12.7. The van der Waals surface area contributed by atoms with E-state index in [9.17, 15) is 9.59 Å². The van der Waals surface area contributed by atoms with Gasteiger partial charge in [0.25, 0.3) is 11.8 Å². The molecule has 0 radical (unpaired) electrons. The van der Waals surface area contributed by atoms with E-state index in [-0.39, 0.29) is 17.9 Å². The fourth-order valence-electron chi connectivity index (χ4n) is 5.45. The third kappa shape index (κ3) is 5.11. The summed E-state index contributed by atoms with van der Waals surface area (Å²) in [6.45, 7) is 10.9. The summed E-state index contributed by atoms with van der Waals surface area (Å²) in [6, 6.07) is 18.2. The van der Waals surface area contributed by atoms with Crippen molar-refractivity contribution in [2.75, 3.05) is 52.4 Å². The SMILES string of the molecule is CC(C)N1CCN(C(=O)c2ccc3cc[nH]c3c2)CC1CN1CCN(C(=O)c2ccccc2)CC1. The molecule has 2 aromatic carbocycles. The number of piperazine rings is 2. The molecule has 3 aromatic rings. The van der Waals surface area contributed by atoms with Crippen LogP contribution in [0.5, 0.6) is 0 Å².